The van der Waals surface area contributed by atoms with Gasteiger partial charge in [0.05, 0.1) is 11.6 Å². The quantitative estimate of drug-likeness (QED) is 0.457. The largest absolute Gasteiger partial charge is 0.483 e. The molecule has 2 heterocycles. The SMILES string of the molecule is Cc1c(OCC(=O)N2CCC3(O)CCCCC3C2c2ccc(Cl)cc2)ccc2c3c(c(=O)oc12)CCC3. The van der Waals surface area contributed by atoms with E-state index in [1.54, 1.807) is 0 Å². The van der Waals surface area contributed by atoms with Crippen LogP contribution in [0.4, 0.5) is 0 Å². The van der Waals surface area contributed by atoms with Crippen molar-refractivity contribution in [3.63, 3.8) is 0 Å². The van der Waals surface area contributed by atoms with E-state index in [0.29, 0.717) is 29.3 Å². The van der Waals surface area contributed by atoms with Gasteiger partial charge in [-0.1, -0.05) is 36.6 Å². The zero-order valence-corrected chi connectivity index (χ0v) is 21.9. The predicted molar refractivity (Wildman–Crippen MR) is 142 cm³/mol. The number of aliphatic hydroxyl groups is 1. The Morgan fingerprint density at radius 1 is 1.11 bits per heavy atom. The Morgan fingerprint density at radius 2 is 1.89 bits per heavy atom. The molecule has 0 bridgehead atoms. The first-order chi connectivity index (χ1) is 17.9. The number of rotatable bonds is 4. The van der Waals surface area contributed by atoms with E-state index in [2.05, 4.69) is 0 Å². The lowest BCUT2D eigenvalue weighted by Crippen LogP contribution is -2.56. The van der Waals surface area contributed by atoms with Crippen molar-refractivity contribution in [3.8, 4) is 5.75 Å². The molecule has 2 aliphatic carbocycles. The van der Waals surface area contributed by atoms with Crippen molar-refractivity contribution in [2.75, 3.05) is 13.2 Å². The van der Waals surface area contributed by atoms with Crippen LogP contribution < -0.4 is 10.4 Å². The molecule has 3 aromatic rings. The molecule has 1 N–H and O–H groups in total. The number of aryl methyl sites for hydroxylation is 2. The van der Waals surface area contributed by atoms with Crippen molar-refractivity contribution in [2.24, 2.45) is 5.92 Å². The van der Waals surface area contributed by atoms with Gasteiger partial charge in [-0.25, -0.2) is 4.79 Å². The first kappa shape index (κ1) is 24.5. The summed E-state index contributed by atoms with van der Waals surface area (Å²) in [5.74, 6) is 0.387. The summed E-state index contributed by atoms with van der Waals surface area (Å²) in [4.78, 5) is 28.0. The minimum Gasteiger partial charge on any atom is -0.483 e. The zero-order chi connectivity index (χ0) is 25.7. The van der Waals surface area contributed by atoms with Gasteiger partial charge in [0.1, 0.15) is 11.3 Å². The van der Waals surface area contributed by atoms with Gasteiger partial charge >= 0.3 is 5.63 Å². The molecule has 3 atom stereocenters. The number of piperidine rings is 1. The highest BCUT2D eigenvalue weighted by molar-refractivity contribution is 6.30. The van der Waals surface area contributed by atoms with Crippen LogP contribution in [0.2, 0.25) is 5.02 Å². The molecule has 6 nitrogen and oxygen atoms in total. The Morgan fingerprint density at radius 3 is 2.70 bits per heavy atom. The van der Waals surface area contributed by atoms with Crippen LogP contribution >= 0.6 is 11.6 Å². The molecule has 1 aromatic heterocycles. The maximum atomic E-state index is 13.6. The standard InChI is InChI=1S/C30H32ClNO5/c1-18-25(13-12-22-21-5-4-6-23(21)29(34)37-28(18)22)36-17-26(33)32-16-15-30(35)14-3-2-7-24(30)27(32)19-8-10-20(31)11-9-19/h8-13,24,27,35H,2-7,14-17H2,1H3. The summed E-state index contributed by atoms with van der Waals surface area (Å²) in [6.07, 6.45) is 6.88. The Hall–Kier alpha value is -2.83. The minimum atomic E-state index is -0.757. The monoisotopic (exact) mass is 521 g/mol. The molecular formula is C30H32ClNO5. The first-order valence-electron chi connectivity index (χ1n) is 13.3. The molecule has 3 unspecified atom stereocenters. The molecule has 0 spiro atoms. The third kappa shape index (κ3) is 4.24. The number of hydrogen-bond donors (Lipinski definition) is 1. The molecule has 1 amide bonds. The highest BCUT2D eigenvalue weighted by Crippen LogP contribution is 2.49. The topological polar surface area (TPSA) is 80.0 Å². The lowest BCUT2D eigenvalue weighted by atomic mass is 9.66. The van der Waals surface area contributed by atoms with Crippen LogP contribution in [0, 0.1) is 12.8 Å². The number of halogens is 1. The van der Waals surface area contributed by atoms with Crippen LogP contribution in [0.15, 0.2) is 45.6 Å². The number of nitrogens with zero attached hydrogens (tertiary/aromatic N) is 1. The summed E-state index contributed by atoms with van der Waals surface area (Å²) in [7, 11) is 0. The lowest BCUT2D eigenvalue weighted by Gasteiger charge is -2.52. The molecule has 37 heavy (non-hydrogen) atoms. The third-order valence-corrected chi connectivity index (χ3v) is 9.04. The van der Waals surface area contributed by atoms with Gasteiger partial charge in [0, 0.05) is 34.0 Å². The van der Waals surface area contributed by atoms with Gasteiger partial charge in [0.2, 0.25) is 0 Å². The Labute approximate surface area is 221 Å². The van der Waals surface area contributed by atoms with Crippen LogP contribution in [-0.2, 0) is 17.6 Å². The zero-order valence-electron chi connectivity index (χ0n) is 21.1. The summed E-state index contributed by atoms with van der Waals surface area (Å²) in [5.41, 5.74) is 3.10. The Balaban J connectivity index is 1.27. The smallest absolute Gasteiger partial charge is 0.339 e. The van der Waals surface area contributed by atoms with E-state index in [9.17, 15) is 14.7 Å². The molecule has 6 rings (SSSR count). The van der Waals surface area contributed by atoms with E-state index in [1.165, 1.54) is 0 Å². The van der Waals surface area contributed by atoms with Crippen molar-refractivity contribution < 1.29 is 19.1 Å². The van der Waals surface area contributed by atoms with Crippen molar-refractivity contribution in [2.45, 2.75) is 69.9 Å². The number of amides is 1. The second-order valence-corrected chi connectivity index (χ2v) is 11.3. The number of fused-ring (bicyclic) bond motifs is 4. The highest BCUT2D eigenvalue weighted by atomic mass is 35.5. The van der Waals surface area contributed by atoms with Gasteiger partial charge < -0.3 is 19.2 Å². The average Bonchev–Trinajstić information content (AvgIpc) is 3.39. The normalized spacial score (nSPS) is 25.1. The van der Waals surface area contributed by atoms with E-state index >= 15 is 0 Å². The van der Waals surface area contributed by atoms with Gasteiger partial charge in [0.25, 0.3) is 5.91 Å². The van der Waals surface area contributed by atoms with E-state index in [0.717, 1.165) is 72.6 Å². The summed E-state index contributed by atoms with van der Waals surface area (Å²) in [6, 6.07) is 11.2. The van der Waals surface area contributed by atoms with Crippen molar-refractivity contribution in [3.05, 3.63) is 74.1 Å². The number of hydrogen-bond acceptors (Lipinski definition) is 5. The summed E-state index contributed by atoms with van der Waals surface area (Å²) in [6.45, 7) is 2.21. The molecule has 1 aliphatic heterocycles. The molecule has 2 aromatic carbocycles. The number of carbonyl (C=O) groups is 1. The number of carbonyl (C=O) groups excluding carboxylic acids is 1. The van der Waals surface area contributed by atoms with Crippen LogP contribution in [-0.4, -0.2) is 34.7 Å². The Kier molecular flexibility index (Phi) is 6.28. The fraction of sp³-hybridized carbons (Fsp3) is 0.467. The van der Waals surface area contributed by atoms with Crippen LogP contribution in [0.1, 0.15) is 66.8 Å². The second-order valence-electron chi connectivity index (χ2n) is 10.8. The van der Waals surface area contributed by atoms with Gasteiger partial charge in [-0.3, -0.25) is 4.79 Å². The van der Waals surface area contributed by atoms with Crippen LogP contribution in [0.5, 0.6) is 5.75 Å². The molecular weight excluding hydrogens is 490 g/mol. The van der Waals surface area contributed by atoms with Crippen molar-refractivity contribution in [1.82, 2.24) is 4.90 Å². The van der Waals surface area contributed by atoms with Crippen LogP contribution in [0.3, 0.4) is 0 Å². The predicted octanol–water partition coefficient (Wildman–Crippen LogP) is 5.52. The van der Waals surface area contributed by atoms with Gasteiger partial charge in [-0.15, -0.1) is 0 Å². The minimum absolute atomic E-state index is 0.0288. The molecule has 7 heteroatoms. The maximum Gasteiger partial charge on any atom is 0.339 e. The molecule has 0 radical (unpaired) electrons. The van der Waals surface area contributed by atoms with Crippen LogP contribution in [0.25, 0.3) is 11.0 Å². The molecule has 3 aliphatic rings. The van der Waals surface area contributed by atoms with E-state index in [-0.39, 0.29) is 30.1 Å². The van der Waals surface area contributed by atoms with Crippen molar-refractivity contribution >= 4 is 28.5 Å². The molecule has 194 valence electrons. The first-order valence-corrected chi connectivity index (χ1v) is 13.7. The molecule has 2 fully saturated rings. The van der Waals surface area contributed by atoms with Crippen molar-refractivity contribution in [1.29, 1.82) is 0 Å². The molecule has 1 saturated carbocycles. The highest BCUT2D eigenvalue weighted by Gasteiger charge is 2.50. The molecule has 1 saturated heterocycles. The van der Waals surface area contributed by atoms with Gasteiger partial charge in [0.15, 0.2) is 6.61 Å². The van der Waals surface area contributed by atoms with Gasteiger partial charge in [-0.05, 0) is 80.8 Å². The third-order valence-electron chi connectivity index (χ3n) is 8.79. The number of likely N-dealkylation sites (tertiary alicyclic amines) is 1. The number of benzene rings is 2. The fourth-order valence-corrected chi connectivity index (χ4v) is 7.00. The van der Waals surface area contributed by atoms with E-state index in [4.69, 9.17) is 20.8 Å². The second kappa shape index (κ2) is 9.48. The lowest BCUT2D eigenvalue weighted by molar-refractivity contribution is -0.157. The number of ether oxygens (including phenoxy) is 1. The van der Waals surface area contributed by atoms with E-state index in [1.807, 2.05) is 48.2 Å². The fourth-order valence-electron chi connectivity index (χ4n) is 6.88. The maximum absolute atomic E-state index is 13.6. The van der Waals surface area contributed by atoms with E-state index < -0.39 is 5.60 Å². The summed E-state index contributed by atoms with van der Waals surface area (Å²) >= 11 is 6.15. The summed E-state index contributed by atoms with van der Waals surface area (Å²) in [5, 5.41) is 13.1. The Bertz CT molecular complexity index is 1410. The average molecular weight is 522 g/mol. The summed E-state index contributed by atoms with van der Waals surface area (Å²) < 4.78 is 11.7. The van der Waals surface area contributed by atoms with Gasteiger partial charge in [-0.2, -0.15) is 0 Å².